The zero-order chi connectivity index (χ0) is 13.5. The Morgan fingerprint density at radius 1 is 1.44 bits per heavy atom. The first kappa shape index (κ1) is 15.0. The molecule has 1 atom stereocenters. The van der Waals surface area contributed by atoms with Crippen LogP contribution in [0.3, 0.4) is 0 Å². The summed E-state index contributed by atoms with van der Waals surface area (Å²) in [4.78, 5) is 11.9. The lowest BCUT2D eigenvalue weighted by molar-refractivity contribution is 0.0939. The van der Waals surface area contributed by atoms with E-state index in [0.717, 1.165) is 23.1 Å². The molecule has 1 rings (SSSR count). The maximum absolute atomic E-state index is 11.9. The smallest absolute Gasteiger partial charge is 0.251 e. The van der Waals surface area contributed by atoms with E-state index in [9.17, 15) is 4.79 Å². The molecule has 0 saturated heterocycles. The number of hydrogen-bond acceptors (Lipinski definition) is 2. The van der Waals surface area contributed by atoms with Crippen LogP contribution in [0.2, 0.25) is 0 Å². The van der Waals surface area contributed by atoms with Gasteiger partial charge in [-0.15, -0.1) is 0 Å². The summed E-state index contributed by atoms with van der Waals surface area (Å²) < 4.78 is 6.36. The predicted octanol–water partition coefficient (Wildman–Crippen LogP) is 3.77. The van der Waals surface area contributed by atoms with Crippen molar-refractivity contribution in [3.8, 4) is 5.75 Å². The average molecular weight is 314 g/mol. The second-order valence-corrected chi connectivity index (χ2v) is 5.13. The summed E-state index contributed by atoms with van der Waals surface area (Å²) in [5.41, 5.74) is 0.644. The van der Waals surface area contributed by atoms with Gasteiger partial charge >= 0.3 is 0 Å². The van der Waals surface area contributed by atoms with Gasteiger partial charge in [-0.2, -0.15) is 0 Å². The average Bonchev–Trinajstić information content (AvgIpc) is 2.37. The molecule has 1 aromatic rings. The first-order chi connectivity index (χ1) is 8.58. The molecule has 0 saturated carbocycles. The number of hydrogen-bond donors (Lipinski definition) is 1. The lowest BCUT2D eigenvalue weighted by atomic mass is 10.2. The fourth-order valence-corrected chi connectivity index (χ4v) is 1.87. The fourth-order valence-electron chi connectivity index (χ4n) is 1.38. The van der Waals surface area contributed by atoms with Crippen LogP contribution in [-0.4, -0.2) is 18.6 Å². The molecule has 0 aliphatic rings. The lowest BCUT2D eigenvalue weighted by Gasteiger charge is -2.12. The molecule has 0 radical (unpaired) electrons. The monoisotopic (exact) mass is 313 g/mol. The molecule has 0 bridgehead atoms. The normalized spacial score (nSPS) is 12.0. The number of rotatable bonds is 6. The van der Waals surface area contributed by atoms with E-state index in [1.807, 2.05) is 19.9 Å². The first-order valence-electron chi connectivity index (χ1n) is 6.31. The number of ether oxygens (including phenoxy) is 1. The van der Waals surface area contributed by atoms with E-state index in [0.29, 0.717) is 12.2 Å². The summed E-state index contributed by atoms with van der Waals surface area (Å²) >= 11 is 3.42. The lowest BCUT2D eigenvalue weighted by Crippen LogP contribution is -2.31. The van der Waals surface area contributed by atoms with Crippen molar-refractivity contribution in [2.45, 2.75) is 39.7 Å². The van der Waals surface area contributed by atoms with Gasteiger partial charge in [0.05, 0.1) is 11.1 Å². The zero-order valence-electron chi connectivity index (χ0n) is 11.1. The number of benzene rings is 1. The minimum Gasteiger partial charge on any atom is -0.492 e. The standard InChI is InChI=1S/C14H20BrNO2/c1-4-8-18-13-7-6-11(9-12(13)15)14(17)16-10(3)5-2/h6-7,9-10H,4-5,8H2,1-3H3,(H,16,17). The molecule has 0 fully saturated rings. The van der Waals surface area contributed by atoms with Gasteiger partial charge in [0.1, 0.15) is 5.75 Å². The minimum absolute atomic E-state index is 0.0490. The van der Waals surface area contributed by atoms with Crippen molar-refractivity contribution in [2.75, 3.05) is 6.61 Å². The molecule has 0 heterocycles. The summed E-state index contributed by atoms with van der Waals surface area (Å²) in [5.74, 6) is 0.726. The Hall–Kier alpha value is -1.03. The quantitative estimate of drug-likeness (QED) is 0.868. The number of halogens is 1. The number of carbonyl (C=O) groups is 1. The third-order valence-corrected chi connectivity index (χ3v) is 3.27. The van der Waals surface area contributed by atoms with E-state index in [1.165, 1.54) is 0 Å². The van der Waals surface area contributed by atoms with Crippen LogP contribution in [0.4, 0.5) is 0 Å². The molecule has 1 unspecified atom stereocenters. The number of nitrogens with one attached hydrogen (secondary N) is 1. The molecule has 0 aliphatic heterocycles. The molecule has 1 amide bonds. The topological polar surface area (TPSA) is 38.3 Å². The van der Waals surface area contributed by atoms with Gasteiger partial charge in [-0.3, -0.25) is 4.79 Å². The molecule has 1 aromatic carbocycles. The third-order valence-electron chi connectivity index (χ3n) is 2.65. The molecule has 3 nitrogen and oxygen atoms in total. The van der Waals surface area contributed by atoms with E-state index in [-0.39, 0.29) is 11.9 Å². The van der Waals surface area contributed by atoms with E-state index in [1.54, 1.807) is 12.1 Å². The fraction of sp³-hybridized carbons (Fsp3) is 0.500. The maximum Gasteiger partial charge on any atom is 0.251 e. The molecule has 0 spiro atoms. The van der Waals surface area contributed by atoms with Gasteiger partial charge in [0, 0.05) is 11.6 Å². The van der Waals surface area contributed by atoms with Gasteiger partial charge in [-0.1, -0.05) is 13.8 Å². The predicted molar refractivity (Wildman–Crippen MR) is 77.1 cm³/mol. The van der Waals surface area contributed by atoms with Gasteiger partial charge in [0.15, 0.2) is 0 Å². The highest BCUT2D eigenvalue weighted by Gasteiger charge is 2.10. The van der Waals surface area contributed by atoms with Crippen LogP contribution in [0.15, 0.2) is 22.7 Å². The molecular weight excluding hydrogens is 294 g/mol. The number of carbonyl (C=O) groups excluding carboxylic acids is 1. The molecule has 18 heavy (non-hydrogen) atoms. The van der Waals surface area contributed by atoms with Crippen LogP contribution in [-0.2, 0) is 0 Å². The van der Waals surface area contributed by atoms with Crippen LogP contribution in [0.1, 0.15) is 44.0 Å². The summed E-state index contributed by atoms with van der Waals surface area (Å²) in [6.07, 6.45) is 1.88. The Labute approximate surface area is 117 Å². The first-order valence-corrected chi connectivity index (χ1v) is 7.11. The van der Waals surface area contributed by atoms with Crippen LogP contribution < -0.4 is 10.1 Å². The molecule has 0 aromatic heterocycles. The second kappa shape index (κ2) is 7.41. The van der Waals surface area contributed by atoms with Gasteiger partial charge in [-0.05, 0) is 53.9 Å². The third kappa shape index (κ3) is 4.33. The van der Waals surface area contributed by atoms with E-state index in [2.05, 4.69) is 28.2 Å². The molecule has 0 aliphatic carbocycles. The van der Waals surface area contributed by atoms with Crippen LogP contribution in [0.5, 0.6) is 5.75 Å². The van der Waals surface area contributed by atoms with E-state index < -0.39 is 0 Å². The highest BCUT2D eigenvalue weighted by molar-refractivity contribution is 9.10. The van der Waals surface area contributed by atoms with Gasteiger partial charge in [0.2, 0.25) is 0 Å². The van der Waals surface area contributed by atoms with Gasteiger partial charge < -0.3 is 10.1 Å². The van der Waals surface area contributed by atoms with Crippen LogP contribution >= 0.6 is 15.9 Å². The van der Waals surface area contributed by atoms with Crippen molar-refractivity contribution in [2.24, 2.45) is 0 Å². The van der Waals surface area contributed by atoms with Crippen molar-refractivity contribution >= 4 is 21.8 Å². The summed E-state index contributed by atoms with van der Waals surface area (Å²) in [6, 6.07) is 5.59. The van der Waals surface area contributed by atoms with Crippen molar-refractivity contribution in [1.82, 2.24) is 5.32 Å². The van der Waals surface area contributed by atoms with Crippen molar-refractivity contribution in [1.29, 1.82) is 0 Å². The highest BCUT2D eigenvalue weighted by atomic mass is 79.9. The Morgan fingerprint density at radius 3 is 2.72 bits per heavy atom. The van der Waals surface area contributed by atoms with E-state index in [4.69, 9.17) is 4.74 Å². The largest absolute Gasteiger partial charge is 0.492 e. The van der Waals surface area contributed by atoms with Crippen molar-refractivity contribution in [3.05, 3.63) is 28.2 Å². The summed E-state index contributed by atoms with van der Waals surface area (Å²) in [7, 11) is 0. The Morgan fingerprint density at radius 2 is 2.17 bits per heavy atom. The SMILES string of the molecule is CCCOc1ccc(C(=O)NC(C)CC)cc1Br. The van der Waals surface area contributed by atoms with Crippen LogP contribution in [0, 0.1) is 0 Å². The highest BCUT2D eigenvalue weighted by Crippen LogP contribution is 2.26. The maximum atomic E-state index is 11.9. The van der Waals surface area contributed by atoms with Crippen molar-refractivity contribution in [3.63, 3.8) is 0 Å². The molecule has 4 heteroatoms. The summed E-state index contributed by atoms with van der Waals surface area (Å²) in [5, 5.41) is 2.94. The number of amides is 1. The zero-order valence-corrected chi connectivity index (χ0v) is 12.7. The molecule has 100 valence electrons. The van der Waals surface area contributed by atoms with Crippen LogP contribution in [0.25, 0.3) is 0 Å². The van der Waals surface area contributed by atoms with Gasteiger partial charge in [-0.25, -0.2) is 0 Å². The molecular formula is C14H20BrNO2. The van der Waals surface area contributed by atoms with E-state index >= 15 is 0 Å². The Kier molecular flexibility index (Phi) is 6.19. The van der Waals surface area contributed by atoms with Gasteiger partial charge in [0.25, 0.3) is 5.91 Å². The Balaban J connectivity index is 2.74. The summed E-state index contributed by atoms with van der Waals surface area (Å²) in [6.45, 7) is 6.77. The molecule has 1 N–H and O–H groups in total. The van der Waals surface area contributed by atoms with Crippen molar-refractivity contribution < 1.29 is 9.53 Å². The minimum atomic E-state index is -0.0490. The Bertz CT molecular complexity index is 407. The second-order valence-electron chi connectivity index (χ2n) is 4.28.